The van der Waals surface area contributed by atoms with E-state index in [0.29, 0.717) is 5.01 Å². The normalized spacial score (nSPS) is 23.8. The number of halogens is 3. The Hall–Kier alpha value is -1.15. The molecular formula is C12H16F3N3OS. The molecule has 112 valence electrons. The molecule has 0 radical (unpaired) electrons. The van der Waals surface area contributed by atoms with Gasteiger partial charge in [0.2, 0.25) is 5.91 Å². The van der Waals surface area contributed by atoms with Gasteiger partial charge in [0.15, 0.2) is 5.69 Å². The second-order valence-electron chi connectivity index (χ2n) is 4.90. The number of rotatable bonds is 4. The van der Waals surface area contributed by atoms with Crippen molar-refractivity contribution in [3.63, 3.8) is 0 Å². The summed E-state index contributed by atoms with van der Waals surface area (Å²) in [4.78, 5) is 14.9. The molecule has 0 spiro atoms. The molecule has 0 unspecified atom stereocenters. The second-order valence-corrected chi connectivity index (χ2v) is 5.85. The largest absolute Gasteiger partial charge is 0.434 e. The van der Waals surface area contributed by atoms with Crippen LogP contribution in [0.4, 0.5) is 13.2 Å². The van der Waals surface area contributed by atoms with Gasteiger partial charge >= 0.3 is 6.18 Å². The molecule has 3 N–H and O–H groups in total. The van der Waals surface area contributed by atoms with E-state index in [9.17, 15) is 18.0 Å². The van der Waals surface area contributed by atoms with Crippen LogP contribution in [-0.2, 0) is 17.5 Å². The first-order chi connectivity index (χ1) is 9.38. The topological polar surface area (TPSA) is 68.0 Å². The second kappa shape index (κ2) is 6.09. The van der Waals surface area contributed by atoms with Crippen molar-refractivity contribution < 1.29 is 18.0 Å². The molecule has 1 amide bonds. The Morgan fingerprint density at radius 3 is 2.75 bits per heavy atom. The fraction of sp³-hybridized carbons (Fsp3) is 0.667. The molecule has 20 heavy (non-hydrogen) atoms. The molecule has 0 saturated heterocycles. The van der Waals surface area contributed by atoms with Gasteiger partial charge in [-0.3, -0.25) is 4.79 Å². The number of carbonyl (C=O) groups is 1. The minimum atomic E-state index is -4.41. The number of nitrogens with zero attached hydrogens (tertiary/aromatic N) is 1. The molecular weight excluding hydrogens is 291 g/mol. The average Bonchev–Trinajstić information content (AvgIpc) is 2.85. The van der Waals surface area contributed by atoms with Gasteiger partial charge in [-0.2, -0.15) is 13.2 Å². The number of hydrogen-bond acceptors (Lipinski definition) is 4. The van der Waals surface area contributed by atoms with Crippen LogP contribution in [-0.4, -0.2) is 16.9 Å². The highest BCUT2D eigenvalue weighted by Gasteiger charge is 2.34. The van der Waals surface area contributed by atoms with Crippen molar-refractivity contribution in [2.45, 2.75) is 44.4 Å². The van der Waals surface area contributed by atoms with Crippen molar-refractivity contribution >= 4 is 17.2 Å². The van der Waals surface area contributed by atoms with Crippen LogP contribution in [0.2, 0.25) is 0 Å². The average molecular weight is 307 g/mol. The van der Waals surface area contributed by atoms with Crippen molar-refractivity contribution in [2.75, 3.05) is 0 Å². The van der Waals surface area contributed by atoms with Crippen LogP contribution in [0.3, 0.4) is 0 Å². The highest BCUT2D eigenvalue weighted by molar-refractivity contribution is 7.09. The number of alkyl halides is 3. The number of primary amides is 1. The zero-order valence-electron chi connectivity index (χ0n) is 10.7. The predicted molar refractivity (Wildman–Crippen MR) is 68.9 cm³/mol. The lowest BCUT2D eigenvalue weighted by Gasteiger charge is -2.29. The molecule has 8 heteroatoms. The summed E-state index contributed by atoms with van der Waals surface area (Å²) in [5, 5.41) is 4.48. The minimum absolute atomic E-state index is 0.0699. The van der Waals surface area contributed by atoms with Gasteiger partial charge in [0.1, 0.15) is 5.01 Å². The van der Waals surface area contributed by atoms with Crippen molar-refractivity contribution in [2.24, 2.45) is 11.7 Å². The van der Waals surface area contributed by atoms with Gasteiger partial charge < -0.3 is 11.1 Å². The van der Waals surface area contributed by atoms with E-state index in [1.807, 2.05) is 0 Å². The molecule has 2 rings (SSSR count). The number of thiazole rings is 1. The maximum absolute atomic E-state index is 12.4. The van der Waals surface area contributed by atoms with Crippen molar-refractivity contribution in [3.05, 3.63) is 16.1 Å². The minimum Gasteiger partial charge on any atom is -0.369 e. The van der Waals surface area contributed by atoms with Crippen molar-refractivity contribution in [1.82, 2.24) is 10.3 Å². The highest BCUT2D eigenvalue weighted by Crippen LogP contribution is 2.30. The van der Waals surface area contributed by atoms with Gasteiger partial charge in [-0.15, -0.1) is 11.3 Å². The van der Waals surface area contributed by atoms with Gasteiger partial charge in [-0.25, -0.2) is 4.98 Å². The zero-order chi connectivity index (χ0) is 14.8. The van der Waals surface area contributed by atoms with Crippen molar-refractivity contribution in [3.8, 4) is 0 Å². The third-order valence-electron chi connectivity index (χ3n) is 3.49. The zero-order valence-corrected chi connectivity index (χ0v) is 11.6. The fourth-order valence-electron chi connectivity index (χ4n) is 2.46. The third-order valence-corrected chi connectivity index (χ3v) is 4.34. The van der Waals surface area contributed by atoms with Crippen molar-refractivity contribution in [1.29, 1.82) is 0 Å². The van der Waals surface area contributed by atoms with E-state index >= 15 is 0 Å². The number of amides is 1. The summed E-state index contributed by atoms with van der Waals surface area (Å²) in [7, 11) is 0. The standard InChI is InChI=1S/C12H16F3N3OS/c13-12(14,15)9-6-20-10(18-9)5-17-8-4-2-1-3-7(8)11(16)19/h6-8,17H,1-5H2,(H2,16,19)/t7-,8+/m1/s1. The van der Waals surface area contributed by atoms with Crippen LogP contribution < -0.4 is 11.1 Å². The Balaban J connectivity index is 1.94. The summed E-state index contributed by atoms with van der Waals surface area (Å²) in [6.07, 6.45) is -0.909. The summed E-state index contributed by atoms with van der Waals surface area (Å²) < 4.78 is 37.3. The first kappa shape index (κ1) is 15.2. The molecule has 1 aromatic rings. The van der Waals surface area contributed by atoms with E-state index in [1.54, 1.807) is 0 Å². The first-order valence-electron chi connectivity index (χ1n) is 6.42. The lowest BCUT2D eigenvalue weighted by Crippen LogP contribution is -2.44. The number of nitrogens with two attached hydrogens (primary N) is 1. The van der Waals surface area contributed by atoms with Crippen LogP contribution in [0.5, 0.6) is 0 Å². The summed E-state index contributed by atoms with van der Waals surface area (Å²) in [5.74, 6) is -0.594. The molecule has 4 nitrogen and oxygen atoms in total. The molecule has 2 atom stereocenters. The third kappa shape index (κ3) is 3.69. The van der Waals surface area contributed by atoms with Gasteiger partial charge in [-0.05, 0) is 12.8 Å². The smallest absolute Gasteiger partial charge is 0.369 e. The number of carbonyl (C=O) groups excluding carboxylic acids is 1. The van der Waals surface area contributed by atoms with Gasteiger partial charge in [0, 0.05) is 18.0 Å². The molecule has 0 aliphatic heterocycles. The Bertz CT molecular complexity index is 475. The molecule has 1 heterocycles. The fourth-order valence-corrected chi connectivity index (χ4v) is 3.21. The Labute approximate surface area is 118 Å². The first-order valence-corrected chi connectivity index (χ1v) is 7.30. The SMILES string of the molecule is NC(=O)[C@@H]1CCCC[C@@H]1NCc1nc(C(F)(F)F)cs1. The maximum Gasteiger partial charge on any atom is 0.434 e. The monoisotopic (exact) mass is 307 g/mol. The van der Waals surface area contributed by atoms with Crippen LogP contribution in [0, 0.1) is 5.92 Å². The lowest BCUT2D eigenvalue weighted by atomic mass is 9.84. The molecule has 1 fully saturated rings. The molecule has 1 aliphatic rings. The van der Waals surface area contributed by atoms with E-state index in [1.165, 1.54) is 0 Å². The van der Waals surface area contributed by atoms with Crippen LogP contribution in [0.15, 0.2) is 5.38 Å². The highest BCUT2D eigenvalue weighted by atomic mass is 32.1. The summed E-state index contributed by atoms with van der Waals surface area (Å²) >= 11 is 0.965. The molecule has 0 aromatic carbocycles. The van der Waals surface area contributed by atoms with E-state index in [2.05, 4.69) is 10.3 Å². The van der Waals surface area contributed by atoms with E-state index in [-0.39, 0.29) is 24.4 Å². The molecule has 1 aromatic heterocycles. The quantitative estimate of drug-likeness (QED) is 0.897. The van der Waals surface area contributed by atoms with E-state index in [4.69, 9.17) is 5.73 Å². The van der Waals surface area contributed by atoms with Crippen LogP contribution in [0.25, 0.3) is 0 Å². The number of hydrogen-bond donors (Lipinski definition) is 2. The van der Waals surface area contributed by atoms with Crippen LogP contribution >= 0.6 is 11.3 Å². The van der Waals surface area contributed by atoms with Gasteiger partial charge in [0.05, 0.1) is 5.92 Å². The Kier molecular flexibility index (Phi) is 4.64. The Morgan fingerprint density at radius 2 is 2.15 bits per heavy atom. The summed E-state index contributed by atoms with van der Waals surface area (Å²) in [5.41, 5.74) is 4.48. The van der Waals surface area contributed by atoms with E-state index in [0.717, 1.165) is 42.4 Å². The Morgan fingerprint density at radius 1 is 1.45 bits per heavy atom. The maximum atomic E-state index is 12.4. The number of aromatic nitrogens is 1. The van der Waals surface area contributed by atoms with Gasteiger partial charge in [-0.1, -0.05) is 12.8 Å². The summed E-state index contributed by atoms with van der Waals surface area (Å²) in [6, 6.07) is -0.0699. The molecule has 1 aliphatic carbocycles. The predicted octanol–water partition coefficient (Wildman–Crippen LogP) is 2.30. The van der Waals surface area contributed by atoms with Gasteiger partial charge in [0.25, 0.3) is 0 Å². The van der Waals surface area contributed by atoms with E-state index < -0.39 is 11.9 Å². The van der Waals surface area contributed by atoms with Crippen LogP contribution in [0.1, 0.15) is 36.4 Å². The lowest BCUT2D eigenvalue weighted by molar-refractivity contribution is -0.140. The summed E-state index contributed by atoms with van der Waals surface area (Å²) in [6.45, 7) is 0.231. The number of nitrogens with one attached hydrogen (secondary N) is 1. The molecule has 0 bridgehead atoms. The molecule has 1 saturated carbocycles.